The molecule has 0 spiro atoms. The van der Waals surface area contributed by atoms with E-state index in [4.69, 9.17) is 0 Å². The van der Waals surface area contributed by atoms with Crippen LogP contribution in [-0.4, -0.2) is 13.6 Å². The Morgan fingerprint density at radius 1 is 1.57 bits per heavy atom. The second-order valence-electron chi connectivity index (χ2n) is 1.13. The fourth-order valence-corrected chi connectivity index (χ4v) is 0.236. The summed E-state index contributed by atoms with van der Waals surface area (Å²) in [6.45, 7) is 2.99. The normalized spacial score (nSPS) is 8.86. The molecule has 2 heteroatoms. The Morgan fingerprint density at radius 3 is 2.29 bits per heavy atom. The number of hydrogen-bond acceptors (Lipinski definition) is 1. The van der Waals surface area contributed by atoms with Gasteiger partial charge in [-0.2, -0.15) is 0 Å². The average molecular weight is 122 g/mol. The van der Waals surface area contributed by atoms with Gasteiger partial charge in [0.15, 0.2) is 0 Å². The largest absolute Gasteiger partial charge is 0.316 e. The third kappa shape index (κ3) is 10.7. The minimum absolute atomic E-state index is 0. The first-order valence-electron chi connectivity index (χ1n) is 2.17. The van der Waals surface area contributed by atoms with Crippen LogP contribution in [-0.2, 0) is 0 Å². The Kier molecular flexibility index (Phi) is 13.5. The predicted molar refractivity (Wildman–Crippen MR) is 36.0 cm³/mol. The molecule has 0 amide bonds. The summed E-state index contributed by atoms with van der Waals surface area (Å²) in [5.74, 6) is 0. The topological polar surface area (TPSA) is 12.0 Å². The van der Waals surface area contributed by atoms with Crippen LogP contribution < -0.4 is 5.32 Å². The van der Waals surface area contributed by atoms with Crippen LogP contribution in [0.25, 0.3) is 0 Å². The van der Waals surface area contributed by atoms with Crippen molar-refractivity contribution in [3.05, 3.63) is 12.2 Å². The molecular weight excluding hydrogens is 110 g/mol. The van der Waals surface area contributed by atoms with Crippen LogP contribution in [0.4, 0.5) is 0 Å². The molecule has 0 aliphatic carbocycles. The van der Waals surface area contributed by atoms with Crippen molar-refractivity contribution in [3.63, 3.8) is 0 Å². The minimum Gasteiger partial charge on any atom is -0.316 e. The molecule has 0 aromatic heterocycles. The Balaban J connectivity index is 0. The number of allylic oxidation sites excluding steroid dienone is 1. The number of hydrogen-bond donors (Lipinski definition) is 1. The van der Waals surface area contributed by atoms with Crippen LogP contribution in [0, 0.1) is 0 Å². The van der Waals surface area contributed by atoms with Gasteiger partial charge in [-0.3, -0.25) is 0 Å². The predicted octanol–water partition coefficient (Wildman–Crippen LogP) is 1.20. The molecule has 0 fully saturated rings. The molecule has 0 rings (SSSR count). The smallest absolute Gasteiger partial charge is 0.0131 e. The van der Waals surface area contributed by atoms with Gasteiger partial charge in [-0.15, -0.1) is 12.4 Å². The van der Waals surface area contributed by atoms with Gasteiger partial charge in [0.2, 0.25) is 0 Å². The molecule has 1 nitrogen and oxygen atoms in total. The molecule has 0 aliphatic heterocycles. The molecule has 7 heavy (non-hydrogen) atoms. The molecule has 0 unspecified atom stereocenters. The summed E-state index contributed by atoms with van der Waals surface area (Å²) in [6, 6.07) is 0. The van der Waals surface area contributed by atoms with E-state index in [1.54, 1.807) is 0 Å². The van der Waals surface area contributed by atoms with Crippen LogP contribution in [0.5, 0.6) is 0 Å². The molecule has 44 valence electrons. The Hall–Kier alpha value is -0.0100. The van der Waals surface area contributed by atoms with Crippen molar-refractivity contribution in [3.8, 4) is 0 Å². The highest BCUT2D eigenvalue weighted by Gasteiger charge is 1.61. The average Bonchev–Trinajstić information content (AvgIpc) is 1.61. The van der Waals surface area contributed by atoms with Crippen molar-refractivity contribution in [1.82, 2.24) is 5.32 Å². The van der Waals surface area contributed by atoms with E-state index in [9.17, 15) is 0 Å². The van der Waals surface area contributed by atoms with Crippen molar-refractivity contribution in [2.45, 2.75) is 6.92 Å². The van der Waals surface area contributed by atoms with Gasteiger partial charge in [0.25, 0.3) is 0 Å². The van der Waals surface area contributed by atoms with Gasteiger partial charge < -0.3 is 5.32 Å². The molecule has 0 aromatic carbocycles. The highest BCUT2D eigenvalue weighted by molar-refractivity contribution is 5.85. The van der Waals surface area contributed by atoms with E-state index >= 15 is 0 Å². The first-order valence-corrected chi connectivity index (χ1v) is 2.17. The molecule has 1 N–H and O–H groups in total. The minimum atomic E-state index is 0. The Labute approximate surface area is 51.2 Å². The number of likely N-dealkylation sites (N-methyl/N-ethyl adjacent to an activating group) is 1. The van der Waals surface area contributed by atoms with Crippen molar-refractivity contribution in [2.24, 2.45) is 0 Å². The Morgan fingerprint density at radius 2 is 2.14 bits per heavy atom. The Bertz CT molecular complexity index is 43.3. The van der Waals surface area contributed by atoms with Gasteiger partial charge >= 0.3 is 0 Å². The lowest BCUT2D eigenvalue weighted by molar-refractivity contribution is 0.918. The zero-order valence-electron chi connectivity index (χ0n) is 4.77. The van der Waals surface area contributed by atoms with E-state index in [-0.39, 0.29) is 12.4 Å². The standard InChI is InChI=1S/C5H11N.ClH/c1-3-4-5-6-2;/h3-4,6H,5H2,1-2H3;1H/b4-3+;. The van der Waals surface area contributed by atoms with Crippen LogP contribution in [0.3, 0.4) is 0 Å². The van der Waals surface area contributed by atoms with Crippen LogP contribution in [0.1, 0.15) is 6.92 Å². The van der Waals surface area contributed by atoms with Gasteiger partial charge in [0, 0.05) is 6.54 Å². The van der Waals surface area contributed by atoms with Crippen molar-refractivity contribution < 1.29 is 0 Å². The molecule has 0 saturated carbocycles. The quantitative estimate of drug-likeness (QED) is 0.542. The molecule has 0 saturated heterocycles. The van der Waals surface area contributed by atoms with E-state index in [0.29, 0.717) is 0 Å². The SMILES string of the molecule is C/C=C/CNC.Cl. The lowest BCUT2D eigenvalue weighted by Gasteiger charge is -1.81. The summed E-state index contributed by atoms with van der Waals surface area (Å²) in [6.07, 6.45) is 4.09. The fraction of sp³-hybridized carbons (Fsp3) is 0.600. The van der Waals surface area contributed by atoms with E-state index in [1.165, 1.54) is 0 Å². The molecule has 0 aromatic rings. The first kappa shape index (κ1) is 10.1. The first-order chi connectivity index (χ1) is 2.91. The van der Waals surface area contributed by atoms with Crippen LogP contribution in [0.2, 0.25) is 0 Å². The van der Waals surface area contributed by atoms with Gasteiger partial charge in [-0.05, 0) is 14.0 Å². The third-order valence-electron chi connectivity index (χ3n) is 0.558. The van der Waals surface area contributed by atoms with E-state index < -0.39 is 0 Å². The third-order valence-corrected chi connectivity index (χ3v) is 0.558. The van der Waals surface area contributed by atoms with E-state index in [1.807, 2.05) is 20.0 Å². The molecular formula is C5H12ClN. The van der Waals surface area contributed by atoms with Gasteiger partial charge in [0.05, 0.1) is 0 Å². The summed E-state index contributed by atoms with van der Waals surface area (Å²) < 4.78 is 0. The zero-order valence-corrected chi connectivity index (χ0v) is 5.59. The van der Waals surface area contributed by atoms with Crippen molar-refractivity contribution in [2.75, 3.05) is 13.6 Å². The second-order valence-corrected chi connectivity index (χ2v) is 1.13. The maximum atomic E-state index is 2.98. The highest BCUT2D eigenvalue weighted by atomic mass is 35.5. The zero-order chi connectivity index (χ0) is 4.83. The van der Waals surface area contributed by atoms with Gasteiger partial charge in [-0.1, -0.05) is 12.2 Å². The lowest BCUT2D eigenvalue weighted by Crippen LogP contribution is -2.03. The molecule has 0 heterocycles. The van der Waals surface area contributed by atoms with Gasteiger partial charge in [0.1, 0.15) is 0 Å². The molecule has 0 radical (unpaired) electrons. The summed E-state index contributed by atoms with van der Waals surface area (Å²) >= 11 is 0. The summed E-state index contributed by atoms with van der Waals surface area (Å²) in [4.78, 5) is 0. The summed E-state index contributed by atoms with van der Waals surface area (Å²) in [7, 11) is 1.93. The summed E-state index contributed by atoms with van der Waals surface area (Å²) in [5.41, 5.74) is 0. The van der Waals surface area contributed by atoms with Crippen LogP contribution >= 0.6 is 12.4 Å². The maximum absolute atomic E-state index is 2.98. The fourth-order valence-electron chi connectivity index (χ4n) is 0.236. The maximum Gasteiger partial charge on any atom is 0.0131 e. The summed E-state index contributed by atoms with van der Waals surface area (Å²) in [5, 5.41) is 2.98. The van der Waals surface area contributed by atoms with Crippen molar-refractivity contribution >= 4 is 12.4 Å². The number of nitrogens with one attached hydrogen (secondary N) is 1. The van der Waals surface area contributed by atoms with Crippen molar-refractivity contribution in [1.29, 1.82) is 0 Å². The van der Waals surface area contributed by atoms with E-state index in [2.05, 4.69) is 11.4 Å². The van der Waals surface area contributed by atoms with E-state index in [0.717, 1.165) is 6.54 Å². The monoisotopic (exact) mass is 121 g/mol. The lowest BCUT2D eigenvalue weighted by atomic mass is 10.5. The molecule has 0 bridgehead atoms. The number of rotatable bonds is 2. The second kappa shape index (κ2) is 9.37. The molecule has 0 atom stereocenters. The van der Waals surface area contributed by atoms with Crippen LogP contribution in [0.15, 0.2) is 12.2 Å². The number of halogens is 1. The molecule has 0 aliphatic rings. The van der Waals surface area contributed by atoms with Gasteiger partial charge in [-0.25, -0.2) is 0 Å². The highest BCUT2D eigenvalue weighted by Crippen LogP contribution is 1.61.